The first-order valence-corrected chi connectivity index (χ1v) is 5.80. The molecule has 10 heteroatoms. The third kappa shape index (κ3) is 2.07. The second-order valence-electron chi connectivity index (χ2n) is 3.75. The first kappa shape index (κ1) is 13.9. The monoisotopic (exact) mass is 298 g/mol. The van der Waals surface area contributed by atoms with Crippen LogP contribution in [-0.2, 0) is 5.66 Å². The average Bonchev–Trinajstić information content (AvgIpc) is 2.90. The van der Waals surface area contributed by atoms with Crippen molar-refractivity contribution in [2.24, 2.45) is 0 Å². The summed E-state index contributed by atoms with van der Waals surface area (Å²) in [7, 11) is 0. The SMILES string of the molecule is O=[N+]([O-])C(CCl)(c1nc(-c2ccccc2)no1)[N+](=O)[O-]. The van der Waals surface area contributed by atoms with Crippen molar-refractivity contribution in [3.05, 3.63) is 56.5 Å². The summed E-state index contributed by atoms with van der Waals surface area (Å²) in [4.78, 5) is 23.4. The zero-order valence-corrected chi connectivity index (χ0v) is 10.6. The highest BCUT2D eigenvalue weighted by molar-refractivity contribution is 6.18. The number of hydrogen-bond acceptors (Lipinski definition) is 7. The molecule has 0 aliphatic carbocycles. The molecule has 9 nitrogen and oxygen atoms in total. The fraction of sp³-hybridized carbons (Fsp3) is 0.200. The van der Waals surface area contributed by atoms with E-state index in [1.165, 1.54) is 0 Å². The van der Waals surface area contributed by atoms with Crippen LogP contribution in [0.4, 0.5) is 0 Å². The minimum atomic E-state index is -2.85. The standard InChI is InChI=1S/C10H7ClN4O5/c11-6-10(14(16)17,15(18)19)9-12-8(13-20-9)7-4-2-1-3-5-7/h1-5H,6H2. The van der Waals surface area contributed by atoms with Gasteiger partial charge in [0.05, 0.1) is 0 Å². The van der Waals surface area contributed by atoms with Crippen LogP contribution >= 0.6 is 11.6 Å². The van der Waals surface area contributed by atoms with E-state index in [4.69, 9.17) is 11.6 Å². The number of alkyl halides is 1. The highest BCUT2D eigenvalue weighted by Crippen LogP contribution is 2.28. The summed E-state index contributed by atoms with van der Waals surface area (Å²) < 4.78 is 4.67. The molecular weight excluding hydrogens is 292 g/mol. The molecule has 0 N–H and O–H groups in total. The molecule has 0 radical (unpaired) electrons. The number of hydrogen-bond donors (Lipinski definition) is 0. The molecule has 0 unspecified atom stereocenters. The highest BCUT2D eigenvalue weighted by Gasteiger charge is 2.63. The van der Waals surface area contributed by atoms with Gasteiger partial charge in [-0.25, -0.2) is 0 Å². The van der Waals surface area contributed by atoms with E-state index in [9.17, 15) is 20.2 Å². The number of nitro groups is 2. The lowest BCUT2D eigenvalue weighted by atomic mass is 10.2. The van der Waals surface area contributed by atoms with E-state index in [-0.39, 0.29) is 5.82 Å². The summed E-state index contributed by atoms with van der Waals surface area (Å²) in [6, 6.07) is 8.41. The average molecular weight is 299 g/mol. The summed E-state index contributed by atoms with van der Waals surface area (Å²) in [6.07, 6.45) is 0. The summed E-state index contributed by atoms with van der Waals surface area (Å²) in [6.45, 7) is 0. The maximum atomic E-state index is 11.0. The molecule has 20 heavy (non-hydrogen) atoms. The normalized spacial score (nSPS) is 11.2. The van der Waals surface area contributed by atoms with E-state index >= 15 is 0 Å². The van der Waals surface area contributed by atoms with Gasteiger partial charge in [0.15, 0.2) is 5.88 Å². The summed E-state index contributed by atoms with van der Waals surface area (Å²) in [5, 5.41) is 25.5. The molecule has 1 heterocycles. The number of halogens is 1. The smallest absolute Gasteiger partial charge is 0.322 e. The van der Waals surface area contributed by atoms with Crippen LogP contribution in [0, 0.1) is 20.2 Å². The zero-order chi connectivity index (χ0) is 14.8. The predicted octanol–water partition coefficient (Wildman–Crippen LogP) is 1.68. The maximum absolute atomic E-state index is 11.0. The third-order valence-corrected chi connectivity index (χ3v) is 2.96. The summed E-state index contributed by atoms with van der Waals surface area (Å²) >= 11 is 5.39. The maximum Gasteiger partial charge on any atom is 0.548 e. The van der Waals surface area contributed by atoms with Crippen molar-refractivity contribution >= 4 is 11.6 Å². The Bertz CT molecular complexity index is 630. The fourth-order valence-corrected chi connectivity index (χ4v) is 1.78. The van der Waals surface area contributed by atoms with Crippen LogP contribution in [-0.4, -0.2) is 25.9 Å². The quantitative estimate of drug-likeness (QED) is 0.356. The van der Waals surface area contributed by atoms with E-state index in [1.807, 2.05) is 0 Å². The Kier molecular flexibility index (Phi) is 3.61. The number of aromatic nitrogens is 2. The molecule has 0 atom stereocenters. The molecule has 0 fully saturated rings. The van der Waals surface area contributed by atoms with Gasteiger partial charge in [-0.3, -0.25) is 20.2 Å². The van der Waals surface area contributed by atoms with Gasteiger partial charge in [0, 0.05) is 5.56 Å². The first-order chi connectivity index (χ1) is 9.52. The predicted molar refractivity (Wildman–Crippen MR) is 66.1 cm³/mol. The Labute approximate surface area is 116 Å². The van der Waals surface area contributed by atoms with Crippen molar-refractivity contribution in [2.45, 2.75) is 5.66 Å². The lowest BCUT2D eigenvalue weighted by Crippen LogP contribution is -2.45. The van der Waals surface area contributed by atoms with E-state index < -0.39 is 27.3 Å². The first-order valence-electron chi connectivity index (χ1n) is 5.27. The molecule has 0 bridgehead atoms. The molecule has 0 aliphatic heterocycles. The van der Waals surface area contributed by atoms with Crippen LogP contribution in [0.2, 0.25) is 0 Å². The fourth-order valence-electron chi connectivity index (χ4n) is 1.47. The molecule has 0 spiro atoms. The van der Waals surface area contributed by atoms with E-state index in [2.05, 4.69) is 14.7 Å². The lowest BCUT2D eigenvalue weighted by molar-refractivity contribution is -0.807. The Hall–Kier alpha value is -2.55. The molecule has 1 aromatic heterocycles. The van der Waals surface area contributed by atoms with E-state index in [0.717, 1.165) is 0 Å². The molecule has 0 amide bonds. The molecule has 104 valence electrons. The molecule has 2 rings (SSSR count). The third-order valence-electron chi connectivity index (χ3n) is 2.59. The Balaban J connectivity index is 2.50. The second-order valence-corrected chi connectivity index (χ2v) is 4.02. The van der Waals surface area contributed by atoms with Gasteiger partial charge < -0.3 is 4.52 Å². The van der Waals surface area contributed by atoms with E-state index in [0.29, 0.717) is 5.56 Å². The van der Waals surface area contributed by atoms with Gasteiger partial charge in [-0.1, -0.05) is 35.5 Å². The van der Waals surface area contributed by atoms with Crippen LogP contribution in [0.15, 0.2) is 34.9 Å². The van der Waals surface area contributed by atoms with Crippen LogP contribution in [0.25, 0.3) is 11.4 Å². The number of benzene rings is 1. The molecule has 0 aliphatic rings. The topological polar surface area (TPSA) is 125 Å². The minimum absolute atomic E-state index is 0.0128. The van der Waals surface area contributed by atoms with Gasteiger partial charge in [0.25, 0.3) is 0 Å². The van der Waals surface area contributed by atoms with Crippen molar-refractivity contribution in [1.82, 2.24) is 10.1 Å². The van der Waals surface area contributed by atoms with Crippen LogP contribution in [0.5, 0.6) is 0 Å². The van der Waals surface area contributed by atoms with E-state index in [1.54, 1.807) is 30.3 Å². The molecule has 1 aromatic carbocycles. The van der Waals surface area contributed by atoms with Gasteiger partial charge in [0.1, 0.15) is 9.85 Å². The Morgan fingerprint density at radius 1 is 1.20 bits per heavy atom. The van der Waals surface area contributed by atoms with Crippen LogP contribution in [0.3, 0.4) is 0 Å². The van der Waals surface area contributed by atoms with Gasteiger partial charge in [-0.2, -0.15) is 4.98 Å². The Morgan fingerprint density at radius 3 is 2.30 bits per heavy atom. The van der Waals surface area contributed by atoms with Crippen molar-refractivity contribution in [3.8, 4) is 11.4 Å². The van der Waals surface area contributed by atoms with Crippen LogP contribution < -0.4 is 0 Å². The zero-order valence-electron chi connectivity index (χ0n) is 9.80. The minimum Gasteiger partial charge on any atom is -0.322 e. The lowest BCUT2D eigenvalue weighted by Gasteiger charge is -2.09. The second kappa shape index (κ2) is 5.21. The van der Waals surface area contributed by atoms with Crippen LogP contribution in [0.1, 0.15) is 5.89 Å². The Morgan fingerprint density at radius 2 is 1.80 bits per heavy atom. The highest BCUT2D eigenvalue weighted by atomic mass is 35.5. The largest absolute Gasteiger partial charge is 0.548 e. The van der Waals surface area contributed by atoms with Gasteiger partial charge in [-0.05, 0) is 0 Å². The number of rotatable bonds is 5. The summed E-state index contributed by atoms with van der Waals surface area (Å²) in [5.41, 5.74) is -2.33. The van der Waals surface area contributed by atoms with Crippen molar-refractivity contribution < 1.29 is 14.4 Å². The van der Waals surface area contributed by atoms with Gasteiger partial charge in [0.2, 0.25) is 5.82 Å². The van der Waals surface area contributed by atoms with Crippen molar-refractivity contribution in [3.63, 3.8) is 0 Å². The molecular formula is C10H7ClN4O5. The van der Waals surface area contributed by atoms with Crippen molar-refractivity contribution in [1.29, 1.82) is 0 Å². The molecule has 0 saturated carbocycles. The van der Waals surface area contributed by atoms with Gasteiger partial charge in [-0.15, -0.1) is 11.6 Å². The number of nitrogens with zero attached hydrogens (tertiary/aromatic N) is 4. The molecule has 2 aromatic rings. The van der Waals surface area contributed by atoms with Crippen molar-refractivity contribution in [2.75, 3.05) is 5.88 Å². The molecule has 0 saturated heterocycles. The summed E-state index contributed by atoms with van der Waals surface area (Å²) in [5.74, 6) is -1.68. The van der Waals surface area contributed by atoms with Gasteiger partial charge >= 0.3 is 11.6 Å².